The highest BCUT2D eigenvalue weighted by molar-refractivity contribution is 7.80. The second-order valence-corrected chi connectivity index (χ2v) is 3.04. The fraction of sp³-hybridized carbons (Fsp3) is 0.125. The molecule has 0 aliphatic rings. The molecule has 0 saturated heterocycles. The monoisotopic (exact) mass is 182 g/mol. The predicted molar refractivity (Wildman–Crippen MR) is 50.4 cm³/mol. The molecule has 0 amide bonds. The highest BCUT2D eigenvalue weighted by Gasteiger charge is 1.97. The van der Waals surface area contributed by atoms with Gasteiger partial charge in [0.25, 0.3) is 0 Å². The second kappa shape index (κ2) is 4.22. The Labute approximate surface area is 74.8 Å². The molecule has 1 nitrogen and oxygen atoms in total. The molecule has 0 unspecified atom stereocenters. The molecule has 0 bridgehead atoms. The average molecular weight is 182 g/mol. The van der Waals surface area contributed by atoms with E-state index < -0.39 is 0 Å². The van der Waals surface area contributed by atoms with Gasteiger partial charge in [-0.25, -0.2) is 0 Å². The summed E-state index contributed by atoms with van der Waals surface area (Å²) >= 11 is 5.34. The molecule has 0 aliphatic heterocycles. The zero-order valence-corrected chi connectivity index (χ0v) is 7.41. The number of carbonyl (C=O) groups excluding carboxylic acids is 1. The summed E-state index contributed by atoms with van der Waals surface area (Å²) in [6.45, 7) is 0. The van der Waals surface area contributed by atoms with E-state index in [0.29, 0.717) is 10.6 Å². The maximum atomic E-state index is 10.4. The zero-order chi connectivity index (χ0) is 8.10. The van der Waals surface area contributed by atoms with Gasteiger partial charge in [0.1, 0.15) is 0 Å². The normalized spacial score (nSPS) is 8.45. The number of hydrogen-bond donors (Lipinski definition) is 1. The first-order chi connectivity index (χ1) is 5.38. The van der Waals surface area contributed by atoms with Crippen molar-refractivity contribution in [3.05, 3.63) is 21.9 Å². The first-order valence-electron chi connectivity index (χ1n) is 3.01. The van der Waals surface area contributed by atoms with Crippen molar-refractivity contribution in [1.82, 2.24) is 0 Å². The van der Waals surface area contributed by atoms with Crippen LogP contribution in [0.5, 0.6) is 0 Å². The van der Waals surface area contributed by atoms with Gasteiger partial charge in [-0.1, -0.05) is 11.8 Å². The summed E-state index contributed by atoms with van der Waals surface area (Å²) in [7, 11) is 0. The third-order valence-corrected chi connectivity index (χ3v) is 2.10. The van der Waals surface area contributed by atoms with Gasteiger partial charge in [0.15, 0.2) is 6.29 Å². The van der Waals surface area contributed by atoms with E-state index in [1.165, 1.54) is 11.3 Å². The molecule has 1 rings (SSSR count). The van der Waals surface area contributed by atoms with E-state index in [2.05, 4.69) is 24.5 Å². The summed E-state index contributed by atoms with van der Waals surface area (Å²) in [6.07, 6.45) is 0.827. The third kappa shape index (κ3) is 2.11. The van der Waals surface area contributed by atoms with Crippen LogP contribution in [0.15, 0.2) is 11.4 Å². The van der Waals surface area contributed by atoms with Crippen LogP contribution in [0.2, 0.25) is 0 Å². The molecule has 1 aromatic rings. The van der Waals surface area contributed by atoms with Crippen LogP contribution in [-0.4, -0.2) is 12.0 Å². The van der Waals surface area contributed by atoms with Crippen LogP contribution in [0.25, 0.3) is 0 Å². The van der Waals surface area contributed by atoms with Crippen LogP contribution in [0.3, 0.4) is 0 Å². The van der Waals surface area contributed by atoms with E-state index >= 15 is 0 Å². The minimum absolute atomic E-state index is 0.522. The maximum absolute atomic E-state index is 10.4. The fourth-order valence-corrected chi connectivity index (χ4v) is 1.38. The molecule has 0 aliphatic carbocycles. The van der Waals surface area contributed by atoms with Crippen LogP contribution in [0.1, 0.15) is 15.2 Å². The van der Waals surface area contributed by atoms with Gasteiger partial charge in [-0.05, 0) is 11.4 Å². The van der Waals surface area contributed by atoms with Gasteiger partial charge in [0, 0.05) is 5.56 Å². The summed E-state index contributed by atoms with van der Waals surface area (Å²) in [5.74, 6) is 6.16. The molecule has 56 valence electrons. The minimum Gasteiger partial charge on any atom is -0.297 e. The van der Waals surface area contributed by atoms with Crippen molar-refractivity contribution in [2.45, 2.75) is 0 Å². The van der Waals surface area contributed by atoms with Crippen molar-refractivity contribution in [3.8, 4) is 11.8 Å². The number of hydrogen-bond acceptors (Lipinski definition) is 3. The van der Waals surface area contributed by atoms with E-state index in [9.17, 15) is 4.79 Å². The predicted octanol–water partition coefficient (Wildman–Crippen LogP) is 1.84. The van der Waals surface area contributed by atoms with Crippen molar-refractivity contribution < 1.29 is 4.79 Å². The summed E-state index contributed by atoms with van der Waals surface area (Å²) in [5, 5.41) is 1.85. The van der Waals surface area contributed by atoms with Crippen LogP contribution in [0, 0.1) is 11.8 Å². The zero-order valence-electron chi connectivity index (χ0n) is 5.70. The quantitative estimate of drug-likeness (QED) is 0.398. The van der Waals surface area contributed by atoms with Crippen molar-refractivity contribution >= 4 is 30.3 Å². The first-order valence-corrected chi connectivity index (χ1v) is 4.52. The van der Waals surface area contributed by atoms with Crippen molar-refractivity contribution in [1.29, 1.82) is 0 Å². The molecular weight excluding hydrogens is 176 g/mol. The van der Waals surface area contributed by atoms with Crippen LogP contribution < -0.4 is 0 Å². The number of thiophene rings is 1. The smallest absolute Gasteiger partial charge is 0.161 e. The van der Waals surface area contributed by atoms with Crippen molar-refractivity contribution in [2.24, 2.45) is 0 Å². The molecule has 0 atom stereocenters. The fourth-order valence-electron chi connectivity index (χ4n) is 0.650. The Morgan fingerprint density at radius 1 is 1.73 bits per heavy atom. The highest BCUT2D eigenvalue weighted by Crippen LogP contribution is 2.12. The number of thiol groups is 1. The molecule has 11 heavy (non-hydrogen) atoms. The molecule has 0 fully saturated rings. The molecular formula is C8H6OS2. The molecule has 0 radical (unpaired) electrons. The second-order valence-electron chi connectivity index (χ2n) is 1.78. The summed E-state index contributed by atoms with van der Waals surface area (Å²) in [5.41, 5.74) is 0.805. The van der Waals surface area contributed by atoms with Gasteiger partial charge >= 0.3 is 0 Å². The standard InChI is InChI=1S/C8H6OS2/c9-6-8-7(2-1-4-10)3-5-11-8/h3,5-6,10H,4H2. The molecule has 0 N–H and O–H groups in total. The van der Waals surface area contributed by atoms with E-state index in [-0.39, 0.29) is 0 Å². The Balaban J connectivity index is 2.93. The first kappa shape index (κ1) is 8.38. The van der Waals surface area contributed by atoms with E-state index in [4.69, 9.17) is 0 Å². The van der Waals surface area contributed by atoms with Gasteiger partial charge in [-0.3, -0.25) is 4.79 Å². The Bertz CT molecular complexity index is 303. The van der Waals surface area contributed by atoms with Gasteiger partial charge in [-0.15, -0.1) is 11.3 Å². The van der Waals surface area contributed by atoms with Crippen LogP contribution >= 0.6 is 24.0 Å². The lowest BCUT2D eigenvalue weighted by Gasteiger charge is -1.81. The average Bonchev–Trinajstić information content (AvgIpc) is 2.47. The Hall–Kier alpha value is -0.720. The SMILES string of the molecule is O=Cc1sccc1C#CCS. The van der Waals surface area contributed by atoms with Crippen molar-refractivity contribution in [2.75, 3.05) is 5.75 Å². The molecule has 0 aromatic carbocycles. The van der Waals surface area contributed by atoms with Gasteiger partial charge in [0.05, 0.1) is 10.6 Å². The van der Waals surface area contributed by atoms with Crippen molar-refractivity contribution in [3.63, 3.8) is 0 Å². The van der Waals surface area contributed by atoms with E-state index in [1.807, 2.05) is 11.4 Å². The lowest BCUT2D eigenvalue weighted by atomic mass is 10.3. The number of aldehydes is 1. The van der Waals surface area contributed by atoms with E-state index in [0.717, 1.165) is 11.8 Å². The van der Waals surface area contributed by atoms with Gasteiger partial charge < -0.3 is 0 Å². The lowest BCUT2D eigenvalue weighted by molar-refractivity contribution is 0.112. The molecule has 0 spiro atoms. The highest BCUT2D eigenvalue weighted by atomic mass is 32.1. The topological polar surface area (TPSA) is 17.1 Å². The Morgan fingerprint density at radius 2 is 2.55 bits per heavy atom. The van der Waals surface area contributed by atoms with Gasteiger partial charge in [0.2, 0.25) is 0 Å². The molecule has 1 aromatic heterocycles. The maximum Gasteiger partial charge on any atom is 0.161 e. The summed E-state index contributed by atoms with van der Waals surface area (Å²) in [4.78, 5) is 11.1. The molecule has 0 saturated carbocycles. The molecule has 3 heteroatoms. The number of rotatable bonds is 1. The van der Waals surface area contributed by atoms with E-state index in [1.54, 1.807) is 0 Å². The third-order valence-electron chi connectivity index (χ3n) is 1.10. The largest absolute Gasteiger partial charge is 0.297 e. The summed E-state index contributed by atoms with van der Waals surface area (Å²) < 4.78 is 0. The summed E-state index contributed by atoms with van der Waals surface area (Å²) in [6, 6.07) is 1.84. The van der Waals surface area contributed by atoms with Crippen LogP contribution in [0.4, 0.5) is 0 Å². The number of carbonyl (C=O) groups is 1. The Kier molecular flexibility index (Phi) is 3.21. The Morgan fingerprint density at radius 3 is 3.18 bits per heavy atom. The van der Waals surface area contributed by atoms with Gasteiger partial charge in [-0.2, -0.15) is 12.6 Å². The van der Waals surface area contributed by atoms with Crippen LogP contribution in [-0.2, 0) is 0 Å². The minimum atomic E-state index is 0.522. The lowest BCUT2D eigenvalue weighted by Crippen LogP contribution is -1.76. The molecule has 1 heterocycles.